The van der Waals surface area contributed by atoms with Crippen molar-refractivity contribution in [1.82, 2.24) is 5.32 Å². The monoisotopic (exact) mass is 220 g/mol. The number of amides is 1. The lowest BCUT2D eigenvalue weighted by Gasteiger charge is -2.24. The molecule has 0 aliphatic carbocycles. The number of carbonyl (C=O) groups is 1. The van der Waals surface area contributed by atoms with Crippen molar-refractivity contribution in [3.8, 4) is 0 Å². The van der Waals surface area contributed by atoms with E-state index < -0.39 is 5.41 Å². The van der Waals surface area contributed by atoms with E-state index in [1.807, 2.05) is 32.0 Å². The van der Waals surface area contributed by atoms with Crippen LogP contribution < -0.4 is 11.1 Å². The molecule has 1 atom stereocenters. The highest BCUT2D eigenvalue weighted by molar-refractivity contribution is 5.80. The summed E-state index contributed by atoms with van der Waals surface area (Å²) in [6.07, 6.45) is 0. The summed E-state index contributed by atoms with van der Waals surface area (Å²) in [7, 11) is 0. The minimum absolute atomic E-state index is 0.222. The van der Waals surface area contributed by atoms with Gasteiger partial charge in [-0.05, 0) is 26.3 Å². The molecule has 0 bridgehead atoms. The topological polar surface area (TPSA) is 55.1 Å². The predicted octanol–water partition coefficient (Wildman–Crippen LogP) is 1.85. The molecule has 1 rings (SSSR count). The van der Waals surface area contributed by atoms with Crippen molar-refractivity contribution in [3.05, 3.63) is 35.9 Å². The Morgan fingerprint density at radius 3 is 2.44 bits per heavy atom. The zero-order valence-corrected chi connectivity index (χ0v) is 10.2. The first-order chi connectivity index (χ1) is 7.43. The second-order valence-electron chi connectivity index (χ2n) is 4.76. The normalized spacial score (nSPS) is 13.4. The standard InChI is InChI=1S/C13H20N2O/c1-10(11-7-5-4-6-8-11)15-9-13(2,3)12(14)16/h4-8,10,15H,9H2,1-3H3,(H2,14,16). The summed E-state index contributed by atoms with van der Waals surface area (Å²) >= 11 is 0. The summed E-state index contributed by atoms with van der Waals surface area (Å²) < 4.78 is 0. The first-order valence-electron chi connectivity index (χ1n) is 5.52. The highest BCUT2D eigenvalue weighted by Crippen LogP contribution is 2.16. The third kappa shape index (κ3) is 3.35. The van der Waals surface area contributed by atoms with E-state index in [2.05, 4.69) is 24.4 Å². The summed E-state index contributed by atoms with van der Waals surface area (Å²) in [5.74, 6) is -0.278. The summed E-state index contributed by atoms with van der Waals surface area (Å²) in [6.45, 7) is 6.35. The van der Waals surface area contributed by atoms with Crippen LogP contribution in [-0.4, -0.2) is 12.5 Å². The quantitative estimate of drug-likeness (QED) is 0.795. The summed E-state index contributed by atoms with van der Waals surface area (Å²) in [5.41, 5.74) is 6.02. The molecule has 88 valence electrons. The third-order valence-electron chi connectivity index (χ3n) is 2.82. The van der Waals surface area contributed by atoms with Crippen LogP contribution in [0, 0.1) is 5.41 Å². The highest BCUT2D eigenvalue weighted by Gasteiger charge is 2.25. The van der Waals surface area contributed by atoms with Crippen molar-refractivity contribution in [1.29, 1.82) is 0 Å². The fourth-order valence-electron chi connectivity index (χ4n) is 1.35. The summed E-state index contributed by atoms with van der Waals surface area (Å²) in [6, 6.07) is 10.4. The molecule has 0 spiro atoms. The molecule has 1 unspecified atom stereocenters. The number of hydrogen-bond acceptors (Lipinski definition) is 2. The Balaban J connectivity index is 2.54. The van der Waals surface area contributed by atoms with Crippen molar-refractivity contribution < 1.29 is 4.79 Å². The molecule has 0 fully saturated rings. The lowest BCUT2D eigenvalue weighted by Crippen LogP contribution is -2.41. The predicted molar refractivity (Wildman–Crippen MR) is 65.8 cm³/mol. The molecular formula is C13H20N2O. The molecule has 0 saturated carbocycles. The molecular weight excluding hydrogens is 200 g/mol. The van der Waals surface area contributed by atoms with Gasteiger partial charge in [0.05, 0.1) is 5.41 Å². The lowest BCUT2D eigenvalue weighted by atomic mass is 9.92. The molecule has 0 radical (unpaired) electrons. The van der Waals surface area contributed by atoms with Gasteiger partial charge in [-0.2, -0.15) is 0 Å². The van der Waals surface area contributed by atoms with Gasteiger partial charge in [0.2, 0.25) is 5.91 Å². The first-order valence-corrected chi connectivity index (χ1v) is 5.52. The SMILES string of the molecule is CC(NCC(C)(C)C(N)=O)c1ccccc1. The molecule has 1 amide bonds. The van der Waals surface area contributed by atoms with Crippen molar-refractivity contribution in [2.24, 2.45) is 11.1 Å². The Kier molecular flexibility index (Phi) is 4.07. The lowest BCUT2D eigenvalue weighted by molar-refractivity contribution is -0.125. The van der Waals surface area contributed by atoms with Gasteiger partial charge in [-0.25, -0.2) is 0 Å². The van der Waals surface area contributed by atoms with E-state index in [4.69, 9.17) is 5.73 Å². The van der Waals surface area contributed by atoms with Gasteiger partial charge < -0.3 is 11.1 Å². The average Bonchev–Trinajstić information content (AvgIpc) is 2.27. The largest absolute Gasteiger partial charge is 0.369 e. The van der Waals surface area contributed by atoms with Gasteiger partial charge in [-0.15, -0.1) is 0 Å². The van der Waals surface area contributed by atoms with Crippen molar-refractivity contribution >= 4 is 5.91 Å². The number of hydrogen-bond donors (Lipinski definition) is 2. The van der Waals surface area contributed by atoms with E-state index in [9.17, 15) is 4.79 Å². The maximum atomic E-state index is 11.2. The number of carbonyl (C=O) groups excluding carboxylic acids is 1. The Morgan fingerprint density at radius 2 is 1.94 bits per heavy atom. The van der Waals surface area contributed by atoms with Crippen molar-refractivity contribution in [3.63, 3.8) is 0 Å². The van der Waals surface area contributed by atoms with Gasteiger partial charge in [-0.1, -0.05) is 30.3 Å². The van der Waals surface area contributed by atoms with E-state index in [0.717, 1.165) is 0 Å². The van der Waals surface area contributed by atoms with Crippen LogP contribution in [-0.2, 0) is 4.79 Å². The van der Waals surface area contributed by atoms with Gasteiger partial charge >= 0.3 is 0 Å². The highest BCUT2D eigenvalue weighted by atomic mass is 16.1. The van der Waals surface area contributed by atoms with Crippen LogP contribution in [0.15, 0.2) is 30.3 Å². The minimum atomic E-state index is -0.511. The molecule has 0 aromatic heterocycles. The molecule has 0 aliphatic rings. The van der Waals surface area contributed by atoms with Crippen LogP contribution in [0.4, 0.5) is 0 Å². The average molecular weight is 220 g/mol. The number of nitrogens with one attached hydrogen (secondary N) is 1. The fraction of sp³-hybridized carbons (Fsp3) is 0.462. The van der Waals surface area contributed by atoms with Gasteiger partial charge in [0.15, 0.2) is 0 Å². The molecule has 1 aromatic rings. The summed E-state index contributed by atoms with van der Waals surface area (Å²) in [5, 5.41) is 3.32. The Labute approximate surface area is 97.0 Å². The van der Waals surface area contributed by atoms with Crippen molar-refractivity contribution in [2.45, 2.75) is 26.8 Å². The molecule has 0 saturated heterocycles. The van der Waals surface area contributed by atoms with E-state index in [0.29, 0.717) is 6.54 Å². The van der Waals surface area contributed by atoms with Crippen LogP contribution in [0.25, 0.3) is 0 Å². The molecule has 3 heteroatoms. The molecule has 16 heavy (non-hydrogen) atoms. The molecule has 0 heterocycles. The smallest absolute Gasteiger partial charge is 0.224 e. The maximum absolute atomic E-state index is 11.2. The zero-order chi connectivity index (χ0) is 12.2. The second kappa shape index (κ2) is 5.12. The van der Waals surface area contributed by atoms with Crippen molar-refractivity contribution in [2.75, 3.05) is 6.54 Å². The molecule has 3 N–H and O–H groups in total. The number of primary amides is 1. The first kappa shape index (κ1) is 12.7. The van der Waals surface area contributed by atoms with Crippen LogP contribution in [0.5, 0.6) is 0 Å². The van der Waals surface area contributed by atoms with Gasteiger partial charge in [-0.3, -0.25) is 4.79 Å². The fourth-order valence-corrected chi connectivity index (χ4v) is 1.35. The van der Waals surface area contributed by atoms with Gasteiger partial charge in [0.25, 0.3) is 0 Å². The van der Waals surface area contributed by atoms with Gasteiger partial charge in [0.1, 0.15) is 0 Å². The van der Waals surface area contributed by atoms with Crippen LogP contribution in [0.2, 0.25) is 0 Å². The van der Waals surface area contributed by atoms with Crippen LogP contribution in [0.3, 0.4) is 0 Å². The molecule has 3 nitrogen and oxygen atoms in total. The Morgan fingerprint density at radius 1 is 1.38 bits per heavy atom. The van der Waals surface area contributed by atoms with E-state index >= 15 is 0 Å². The van der Waals surface area contributed by atoms with E-state index in [1.165, 1.54) is 5.56 Å². The molecule has 1 aromatic carbocycles. The van der Waals surface area contributed by atoms with Gasteiger partial charge in [0, 0.05) is 12.6 Å². The Bertz CT molecular complexity index is 346. The maximum Gasteiger partial charge on any atom is 0.224 e. The van der Waals surface area contributed by atoms with Crippen LogP contribution >= 0.6 is 0 Å². The molecule has 0 aliphatic heterocycles. The van der Waals surface area contributed by atoms with Crippen LogP contribution in [0.1, 0.15) is 32.4 Å². The van der Waals surface area contributed by atoms with E-state index in [1.54, 1.807) is 0 Å². The summed E-state index contributed by atoms with van der Waals surface area (Å²) in [4.78, 5) is 11.2. The second-order valence-corrected chi connectivity index (χ2v) is 4.76. The minimum Gasteiger partial charge on any atom is -0.369 e. The zero-order valence-electron chi connectivity index (χ0n) is 10.2. The van der Waals surface area contributed by atoms with E-state index in [-0.39, 0.29) is 11.9 Å². The third-order valence-corrected chi connectivity index (χ3v) is 2.82. The number of benzene rings is 1. The number of nitrogens with two attached hydrogens (primary N) is 1. The Hall–Kier alpha value is -1.35. The number of rotatable bonds is 5.